The molecule has 1 unspecified atom stereocenters. The molecule has 0 spiro atoms. The Morgan fingerprint density at radius 3 is 2.42 bits per heavy atom. The molecule has 1 aromatic rings. The van der Waals surface area contributed by atoms with Crippen LogP contribution in [0.3, 0.4) is 0 Å². The number of nitrogens with one attached hydrogen (secondary N) is 1. The Morgan fingerprint density at radius 1 is 1.37 bits per heavy atom. The number of rotatable bonds is 4. The number of esters is 1. The van der Waals surface area contributed by atoms with E-state index in [-0.39, 0.29) is 12.3 Å². The largest absolute Gasteiger partial charge is 0.464 e. The number of carbonyl (C=O) groups excluding carboxylic acids is 1. The molecule has 0 aliphatic heterocycles. The van der Waals surface area contributed by atoms with E-state index >= 15 is 0 Å². The molecule has 0 bridgehead atoms. The summed E-state index contributed by atoms with van der Waals surface area (Å²) in [5.41, 5.74) is -2.64. The van der Waals surface area contributed by atoms with Crippen molar-refractivity contribution in [3.8, 4) is 0 Å². The Kier molecular flexibility index (Phi) is 4.84. The van der Waals surface area contributed by atoms with E-state index in [2.05, 4.69) is 26.0 Å². The molecule has 1 N–H and O–H groups in total. The standard InChI is InChI=1S/C12H13BrF3NO2/c1-3-19-10(18)11(2,12(14,15)16)17-9-7-5-4-6-8(9)13/h4-7,17H,3H2,1-2H3. The van der Waals surface area contributed by atoms with Gasteiger partial charge in [0.15, 0.2) is 0 Å². The Labute approximate surface area is 117 Å². The number of para-hydroxylation sites is 1. The van der Waals surface area contributed by atoms with Crippen molar-refractivity contribution in [2.75, 3.05) is 11.9 Å². The highest BCUT2D eigenvalue weighted by Gasteiger charge is 2.58. The van der Waals surface area contributed by atoms with Gasteiger partial charge in [-0.25, -0.2) is 4.79 Å². The zero-order valence-electron chi connectivity index (χ0n) is 10.3. The third-order valence-electron chi connectivity index (χ3n) is 2.51. The molecule has 1 aromatic carbocycles. The summed E-state index contributed by atoms with van der Waals surface area (Å²) in [5, 5.41) is 2.20. The predicted molar refractivity (Wildman–Crippen MR) is 68.9 cm³/mol. The molecule has 1 atom stereocenters. The molecule has 0 radical (unpaired) electrons. The van der Waals surface area contributed by atoms with E-state index < -0.39 is 17.7 Å². The lowest BCUT2D eigenvalue weighted by atomic mass is 10.0. The maximum absolute atomic E-state index is 13.1. The second kappa shape index (κ2) is 5.81. The number of ether oxygens (including phenoxy) is 1. The van der Waals surface area contributed by atoms with E-state index in [0.29, 0.717) is 4.47 Å². The maximum atomic E-state index is 13.1. The Balaban J connectivity index is 3.13. The fourth-order valence-electron chi connectivity index (χ4n) is 1.34. The van der Waals surface area contributed by atoms with Gasteiger partial charge < -0.3 is 10.1 Å². The van der Waals surface area contributed by atoms with E-state index in [1.54, 1.807) is 18.2 Å². The van der Waals surface area contributed by atoms with Crippen LogP contribution < -0.4 is 5.32 Å². The topological polar surface area (TPSA) is 38.3 Å². The van der Waals surface area contributed by atoms with Crippen molar-refractivity contribution >= 4 is 27.6 Å². The highest BCUT2D eigenvalue weighted by molar-refractivity contribution is 9.10. The highest BCUT2D eigenvalue weighted by atomic mass is 79.9. The zero-order chi connectivity index (χ0) is 14.7. The number of alkyl halides is 3. The second-order valence-electron chi connectivity index (χ2n) is 3.95. The summed E-state index contributed by atoms with van der Waals surface area (Å²) in [4.78, 5) is 11.6. The number of halogens is 4. The Hall–Kier alpha value is -1.24. The molecular formula is C12H13BrF3NO2. The van der Waals surface area contributed by atoms with E-state index in [4.69, 9.17) is 0 Å². The van der Waals surface area contributed by atoms with Crippen molar-refractivity contribution in [2.45, 2.75) is 25.6 Å². The van der Waals surface area contributed by atoms with E-state index in [9.17, 15) is 18.0 Å². The van der Waals surface area contributed by atoms with Gasteiger partial charge in [-0.1, -0.05) is 12.1 Å². The van der Waals surface area contributed by atoms with Crippen LogP contribution in [0, 0.1) is 0 Å². The first-order valence-electron chi connectivity index (χ1n) is 5.49. The average Bonchev–Trinajstić information content (AvgIpc) is 2.30. The molecule has 0 aliphatic rings. The minimum absolute atomic E-state index is 0.123. The summed E-state index contributed by atoms with van der Waals surface area (Å²) in [7, 11) is 0. The van der Waals surface area contributed by atoms with Crippen LogP contribution in [0.4, 0.5) is 18.9 Å². The van der Waals surface area contributed by atoms with Gasteiger partial charge in [-0.3, -0.25) is 0 Å². The molecule has 0 amide bonds. The van der Waals surface area contributed by atoms with Gasteiger partial charge in [-0.05, 0) is 41.9 Å². The predicted octanol–water partition coefficient (Wildman–Crippen LogP) is 3.75. The van der Waals surface area contributed by atoms with Crippen LogP contribution in [0.1, 0.15) is 13.8 Å². The van der Waals surface area contributed by atoms with Crippen LogP contribution >= 0.6 is 15.9 Å². The smallest absolute Gasteiger partial charge is 0.422 e. The van der Waals surface area contributed by atoms with Gasteiger partial charge >= 0.3 is 12.1 Å². The molecule has 19 heavy (non-hydrogen) atoms. The third kappa shape index (κ3) is 3.40. The lowest BCUT2D eigenvalue weighted by Crippen LogP contribution is -2.56. The molecular weight excluding hydrogens is 327 g/mol. The first-order valence-corrected chi connectivity index (χ1v) is 6.28. The molecule has 0 fully saturated rings. The highest BCUT2D eigenvalue weighted by Crippen LogP contribution is 2.36. The van der Waals surface area contributed by atoms with Crippen molar-refractivity contribution in [3.05, 3.63) is 28.7 Å². The lowest BCUT2D eigenvalue weighted by molar-refractivity contribution is -0.196. The fraction of sp³-hybridized carbons (Fsp3) is 0.417. The Morgan fingerprint density at radius 2 is 1.95 bits per heavy atom. The quantitative estimate of drug-likeness (QED) is 0.849. The van der Waals surface area contributed by atoms with Crippen molar-refractivity contribution in [1.82, 2.24) is 0 Å². The molecule has 0 saturated carbocycles. The van der Waals surface area contributed by atoms with Gasteiger partial charge in [0.2, 0.25) is 5.54 Å². The van der Waals surface area contributed by atoms with Crippen molar-refractivity contribution in [3.63, 3.8) is 0 Å². The normalized spacial score (nSPS) is 14.6. The van der Waals surface area contributed by atoms with Gasteiger partial charge in [-0.2, -0.15) is 13.2 Å². The maximum Gasteiger partial charge on any atom is 0.422 e. The van der Waals surface area contributed by atoms with Crippen LogP contribution in [0.15, 0.2) is 28.7 Å². The van der Waals surface area contributed by atoms with Gasteiger partial charge in [0, 0.05) is 10.2 Å². The lowest BCUT2D eigenvalue weighted by Gasteiger charge is -2.31. The summed E-state index contributed by atoms with van der Waals surface area (Å²) >= 11 is 3.12. The second-order valence-corrected chi connectivity index (χ2v) is 4.80. The van der Waals surface area contributed by atoms with E-state index in [1.165, 1.54) is 13.0 Å². The zero-order valence-corrected chi connectivity index (χ0v) is 11.9. The first-order chi connectivity index (χ1) is 8.72. The molecule has 0 aromatic heterocycles. The van der Waals surface area contributed by atoms with Crippen LogP contribution in [-0.2, 0) is 9.53 Å². The van der Waals surface area contributed by atoms with Crippen LogP contribution in [-0.4, -0.2) is 24.3 Å². The number of anilines is 1. The van der Waals surface area contributed by atoms with Crippen molar-refractivity contribution in [1.29, 1.82) is 0 Å². The molecule has 1 rings (SSSR count). The summed E-state index contributed by atoms with van der Waals surface area (Å²) in [6.45, 7) is 2.08. The molecule has 0 heterocycles. The van der Waals surface area contributed by atoms with Crippen molar-refractivity contribution < 1.29 is 22.7 Å². The molecule has 3 nitrogen and oxygen atoms in total. The fourth-order valence-corrected chi connectivity index (χ4v) is 1.73. The monoisotopic (exact) mass is 339 g/mol. The van der Waals surface area contributed by atoms with E-state index in [1.807, 2.05) is 0 Å². The SMILES string of the molecule is CCOC(=O)C(C)(Nc1ccccc1Br)C(F)(F)F. The minimum atomic E-state index is -4.78. The van der Waals surface area contributed by atoms with Gasteiger partial charge in [0.05, 0.1) is 6.61 Å². The van der Waals surface area contributed by atoms with Crippen LogP contribution in [0.25, 0.3) is 0 Å². The van der Waals surface area contributed by atoms with Gasteiger partial charge in [0.25, 0.3) is 0 Å². The number of benzene rings is 1. The van der Waals surface area contributed by atoms with Gasteiger partial charge in [0.1, 0.15) is 0 Å². The molecule has 7 heteroatoms. The molecule has 106 valence electrons. The summed E-state index contributed by atoms with van der Waals surface area (Å²) in [5.74, 6) is -1.36. The van der Waals surface area contributed by atoms with Crippen molar-refractivity contribution in [2.24, 2.45) is 0 Å². The first kappa shape index (κ1) is 15.8. The third-order valence-corrected chi connectivity index (χ3v) is 3.20. The summed E-state index contributed by atoms with van der Waals surface area (Å²) < 4.78 is 44.3. The van der Waals surface area contributed by atoms with Crippen LogP contribution in [0.5, 0.6) is 0 Å². The summed E-state index contributed by atoms with van der Waals surface area (Å²) in [6, 6.07) is 6.23. The average molecular weight is 340 g/mol. The number of carbonyl (C=O) groups is 1. The molecule has 0 saturated heterocycles. The summed E-state index contributed by atoms with van der Waals surface area (Å²) in [6.07, 6.45) is -4.78. The molecule has 0 aliphatic carbocycles. The number of hydrogen-bond donors (Lipinski definition) is 1. The van der Waals surface area contributed by atoms with Gasteiger partial charge in [-0.15, -0.1) is 0 Å². The number of hydrogen-bond acceptors (Lipinski definition) is 3. The van der Waals surface area contributed by atoms with Crippen LogP contribution in [0.2, 0.25) is 0 Å². The Bertz CT molecular complexity index is 465. The van der Waals surface area contributed by atoms with E-state index in [0.717, 1.165) is 6.92 Å². The minimum Gasteiger partial charge on any atom is -0.464 e.